The SMILES string of the molecule is Nc1ccccc1NC(=O)c1ccccc1Oc1ccc([N+](=O)[O-])cc1. The number of ether oxygens (including phenoxy) is 1. The Morgan fingerprint density at radius 2 is 1.62 bits per heavy atom. The molecule has 0 bridgehead atoms. The summed E-state index contributed by atoms with van der Waals surface area (Å²) < 4.78 is 5.72. The van der Waals surface area contributed by atoms with Crippen molar-refractivity contribution >= 4 is 23.0 Å². The number of amides is 1. The minimum absolute atomic E-state index is 0.0390. The number of non-ortho nitro benzene ring substituents is 1. The Labute approximate surface area is 149 Å². The van der Waals surface area contributed by atoms with Gasteiger partial charge in [0.1, 0.15) is 11.5 Å². The third-order valence-electron chi connectivity index (χ3n) is 3.62. The van der Waals surface area contributed by atoms with Gasteiger partial charge in [-0.3, -0.25) is 14.9 Å². The molecule has 3 aromatic rings. The molecule has 0 unspecified atom stereocenters. The molecule has 130 valence electrons. The molecule has 0 saturated carbocycles. The Balaban J connectivity index is 1.82. The first-order valence-electron chi connectivity index (χ1n) is 7.72. The Morgan fingerprint density at radius 3 is 2.31 bits per heavy atom. The molecule has 1 amide bonds. The molecule has 26 heavy (non-hydrogen) atoms. The van der Waals surface area contributed by atoms with Gasteiger partial charge in [-0.1, -0.05) is 24.3 Å². The van der Waals surface area contributed by atoms with Crippen LogP contribution in [0, 0.1) is 10.1 Å². The van der Waals surface area contributed by atoms with E-state index in [-0.39, 0.29) is 11.6 Å². The van der Waals surface area contributed by atoms with Crippen LogP contribution in [0.15, 0.2) is 72.8 Å². The number of hydrogen-bond donors (Lipinski definition) is 2. The van der Waals surface area contributed by atoms with E-state index < -0.39 is 4.92 Å². The highest BCUT2D eigenvalue weighted by Crippen LogP contribution is 2.28. The molecule has 0 aromatic heterocycles. The summed E-state index contributed by atoms with van der Waals surface area (Å²) in [6.07, 6.45) is 0. The van der Waals surface area contributed by atoms with Gasteiger partial charge in [0.25, 0.3) is 11.6 Å². The number of nitrogen functional groups attached to an aromatic ring is 1. The molecular formula is C19H15N3O4. The van der Waals surface area contributed by atoms with E-state index in [1.807, 2.05) is 0 Å². The summed E-state index contributed by atoms with van der Waals surface area (Å²) in [5.74, 6) is 0.337. The van der Waals surface area contributed by atoms with Crippen molar-refractivity contribution in [2.24, 2.45) is 0 Å². The quantitative estimate of drug-likeness (QED) is 0.407. The van der Waals surface area contributed by atoms with Gasteiger partial charge in [-0.05, 0) is 36.4 Å². The van der Waals surface area contributed by atoms with Crippen molar-refractivity contribution in [1.29, 1.82) is 0 Å². The lowest BCUT2D eigenvalue weighted by atomic mass is 10.1. The third kappa shape index (κ3) is 3.78. The zero-order chi connectivity index (χ0) is 18.5. The summed E-state index contributed by atoms with van der Waals surface area (Å²) >= 11 is 0. The first-order valence-corrected chi connectivity index (χ1v) is 7.72. The minimum Gasteiger partial charge on any atom is -0.457 e. The van der Waals surface area contributed by atoms with Gasteiger partial charge in [-0.15, -0.1) is 0 Å². The summed E-state index contributed by atoms with van der Waals surface area (Å²) in [6, 6.07) is 19.3. The standard InChI is InChI=1S/C19H15N3O4/c20-16-6-2-3-7-17(16)21-19(23)15-5-1-4-8-18(15)26-14-11-9-13(10-12-14)22(24)25/h1-12H,20H2,(H,21,23). The molecule has 0 radical (unpaired) electrons. The maximum atomic E-state index is 12.6. The van der Waals surface area contributed by atoms with Crippen LogP contribution in [-0.4, -0.2) is 10.8 Å². The monoisotopic (exact) mass is 349 g/mol. The number of benzene rings is 3. The fraction of sp³-hybridized carbons (Fsp3) is 0. The number of para-hydroxylation sites is 3. The van der Waals surface area contributed by atoms with Gasteiger partial charge in [-0.25, -0.2) is 0 Å². The predicted octanol–water partition coefficient (Wildman–Crippen LogP) is 4.22. The van der Waals surface area contributed by atoms with Gasteiger partial charge in [0.2, 0.25) is 0 Å². The van der Waals surface area contributed by atoms with Crippen molar-refractivity contribution in [3.8, 4) is 11.5 Å². The highest BCUT2D eigenvalue weighted by Gasteiger charge is 2.14. The number of nitrogens with zero attached hydrogens (tertiary/aromatic N) is 1. The molecule has 0 aliphatic carbocycles. The molecule has 0 heterocycles. The van der Waals surface area contributed by atoms with Crippen LogP contribution in [0.3, 0.4) is 0 Å². The molecule has 7 heteroatoms. The lowest BCUT2D eigenvalue weighted by molar-refractivity contribution is -0.384. The Morgan fingerprint density at radius 1 is 0.962 bits per heavy atom. The van der Waals surface area contributed by atoms with Crippen molar-refractivity contribution in [1.82, 2.24) is 0 Å². The number of carbonyl (C=O) groups excluding carboxylic acids is 1. The number of hydrogen-bond acceptors (Lipinski definition) is 5. The molecule has 3 aromatic carbocycles. The first kappa shape index (κ1) is 17.0. The summed E-state index contributed by atoms with van der Waals surface area (Å²) in [7, 11) is 0. The lowest BCUT2D eigenvalue weighted by Gasteiger charge is -2.12. The summed E-state index contributed by atoms with van der Waals surface area (Å²) in [5, 5.41) is 13.5. The fourth-order valence-electron chi connectivity index (χ4n) is 2.31. The molecule has 0 atom stereocenters. The van der Waals surface area contributed by atoms with E-state index in [9.17, 15) is 14.9 Å². The lowest BCUT2D eigenvalue weighted by Crippen LogP contribution is -2.14. The molecular weight excluding hydrogens is 334 g/mol. The maximum absolute atomic E-state index is 12.6. The van der Waals surface area contributed by atoms with Gasteiger partial charge >= 0.3 is 0 Å². The van der Waals surface area contributed by atoms with Crippen LogP contribution in [0.25, 0.3) is 0 Å². The zero-order valence-electron chi connectivity index (χ0n) is 13.6. The van der Waals surface area contributed by atoms with Crippen LogP contribution >= 0.6 is 0 Å². The van der Waals surface area contributed by atoms with Crippen LogP contribution in [0.2, 0.25) is 0 Å². The largest absolute Gasteiger partial charge is 0.457 e. The Bertz CT molecular complexity index is 955. The highest BCUT2D eigenvalue weighted by molar-refractivity contribution is 6.07. The average Bonchev–Trinajstić information content (AvgIpc) is 2.64. The van der Waals surface area contributed by atoms with E-state index >= 15 is 0 Å². The molecule has 7 nitrogen and oxygen atoms in total. The average molecular weight is 349 g/mol. The maximum Gasteiger partial charge on any atom is 0.269 e. The second-order valence-corrected chi connectivity index (χ2v) is 5.39. The second-order valence-electron chi connectivity index (χ2n) is 5.39. The van der Waals surface area contributed by atoms with Gasteiger partial charge in [0.05, 0.1) is 21.9 Å². The van der Waals surface area contributed by atoms with Gasteiger partial charge in [-0.2, -0.15) is 0 Å². The predicted molar refractivity (Wildman–Crippen MR) is 98.4 cm³/mol. The smallest absolute Gasteiger partial charge is 0.269 e. The van der Waals surface area contributed by atoms with Crippen molar-refractivity contribution < 1.29 is 14.5 Å². The zero-order valence-corrected chi connectivity index (χ0v) is 13.6. The van der Waals surface area contributed by atoms with Crippen LogP contribution < -0.4 is 15.8 Å². The first-order chi connectivity index (χ1) is 12.5. The number of anilines is 2. The van der Waals surface area contributed by atoms with Crippen molar-refractivity contribution in [2.75, 3.05) is 11.1 Å². The number of nitrogens with two attached hydrogens (primary N) is 1. The molecule has 0 spiro atoms. The van der Waals surface area contributed by atoms with Crippen molar-refractivity contribution in [3.05, 3.63) is 88.5 Å². The third-order valence-corrected chi connectivity index (χ3v) is 3.62. The van der Waals surface area contributed by atoms with Crippen LogP contribution in [0.1, 0.15) is 10.4 Å². The molecule has 0 fully saturated rings. The molecule has 3 N–H and O–H groups in total. The van der Waals surface area contributed by atoms with Crippen LogP contribution in [-0.2, 0) is 0 Å². The molecule has 0 aliphatic heterocycles. The van der Waals surface area contributed by atoms with E-state index in [1.165, 1.54) is 24.3 Å². The van der Waals surface area contributed by atoms with Gasteiger partial charge in [0.15, 0.2) is 0 Å². The van der Waals surface area contributed by atoms with Crippen molar-refractivity contribution in [2.45, 2.75) is 0 Å². The number of rotatable bonds is 5. The number of nitro groups is 1. The highest BCUT2D eigenvalue weighted by atomic mass is 16.6. The normalized spacial score (nSPS) is 10.2. The van der Waals surface area contributed by atoms with E-state index in [1.54, 1.807) is 48.5 Å². The minimum atomic E-state index is -0.491. The summed E-state index contributed by atoms with van der Waals surface area (Å²) in [6.45, 7) is 0. The van der Waals surface area contributed by atoms with E-state index in [0.717, 1.165) is 0 Å². The fourth-order valence-corrected chi connectivity index (χ4v) is 2.31. The van der Waals surface area contributed by atoms with Gasteiger partial charge < -0.3 is 15.8 Å². The second kappa shape index (κ2) is 7.35. The molecule has 0 aliphatic rings. The number of carbonyl (C=O) groups is 1. The van der Waals surface area contributed by atoms with Crippen LogP contribution in [0.5, 0.6) is 11.5 Å². The molecule has 0 saturated heterocycles. The van der Waals surface area contributed by atoms with Crippen LogP contribution in [0.4, 0.5) is 17.1 Å². The Kier molecular flexibility index (Phi) is 4.80. The number of nitrogens with one attached hydrogen (secondary N) is 1. The van der Waals surface area contributed by atoms with E-state index in [2.05, 4.69) is 5.32 Å². The topological polar surface area (TPSA) is 107 Å². The van der Waals surface area contributed by atoms with Crippen molar-refractivity contribution in [3.63, 3.8) is 0 Å². The number of nitro benzene ring substituents is 1. The summed E-state index contributed by atoms with van der Waals surface area (Å²) in [5.41, 5.74) is 7.08. The van der Waals surface area contributed by atoms with E-state index in [4.69, 9.17) is 10.5 Å². The molecule has 3 rings (SSSR count). The Hall–Kier alpha value is -3.87. The summed E-state index contributed by atoms with van der Waals surface area (Å²) in [4.78, 5) is 22.8. The van der Waals surface area contributed by atoms with Gasteiger partial charge in [0, 0.05) is 12.1 Å². The van der Waals surface area contributed by atoms with E-state index in [0.29, 0.717) is 28.4 Å².